The Hall–Kier alpha value is -1.93. The van der Waals surface area contributed by atoms with Gasteiger partial charge in [-0.25, -0.2) is 0 Å². The predicted molar refractivity (Wildman–Crippen MR) is 72.2 cm³/mol. The maximum Gasteiger partial charge on any atom is 0.313 e. The molecule has 0 fully saturated rings. The van der Waals surface area contributed by atoms with Gasteiger partial charge in [-0.3, -0.25) is 14.3 Å². The largest absolute Gasteiger partial charge is 0.394 e. The highest BCUT2D eigenvalue weighted by atomic mass is 16.5. The summed E-state index contributed by atoms with van der Waals surface area (Å²) in [5.41, 5.74) is 1.97. The van der Waals surface area contributed by atoms with Gasteiger partial charge in [-0.05, 0) is 13.8 Å². The fourth-order valence-electron chi connectivity index (χ4n) is 1.61. The molecule has 0 saturated carbocycles. The standard InChI is InChI=1S/C12H20N4O4/c1-8-10(9(2)16(3)15-8)14-12(19)11(18)13-4-6-20-7-5-17/h17H,4-7H2,1-3H3,(H,13,18)(H,14,19). The first-order valence-corrected chi connectivity index (χ1v) is 6.25. The Morgan fingerprint density at radius 1 is 1.30 bits per heavy atom. The van der Waals surface area contributed by atoms with Crippen LogP contribution >= 0.6 is 0 Å². The van der Waals surface area contributed by atoms with Crippen LogP contribution in [0, 0.1) is 13.8 Å². The number of rotatable bonds is 6. The number of nitrogens with one attached hydrogen (secondary N) is 2. The minimum atomic E-state index is -0.744. The fourth-order valence-corrected chi connectivity index (χ4v) is 1.61. The highest BCUT2D eigenvalue weighted by Gasteiger charge is 2.17. The molecule has 3 N–H and O–H groups in total. The van der Waals surface area contributed by atoms with Crippen molar-refractivity contribution < 1.29 is 19.4 Å². The molecule has 0 spiro atoms. The van der Waals surface area contributed by atoms with Crippen LogP contribution in [0.5, 0.6) is 0 Å². The van der Waals surface area contributed by atoms with Gasteiger partial charge in [0, 0.05) is 13.6 Å². The van der Waals surface area contributed by atoms with Crippen LogP contribution < -0.4 is 10.6 Å². The van der Waals surface area contributed by atoms with Gasteiger partial charge in [0.25, 0.3) is 0 Å². The number of aliphatic hydroxyl groups is 1. The highest BCUT2D eigenvalue weighted by molar-refractivity contribution is 6.39. The molecule has 0 bridgehead atoms. The number of aliphatic hydroxyl groups excluding tert-OH is 1. The van der Waals surface area contributed by atoms with Crippen molar-refractivity contribution in [2.75, 3.05) is 31.7 Å². The van der Waals surface area contributed by atoms with Gasteiger partial charge in [-0.2, -0.15) is 5.10 Å². The van der Waals surface area contributed by atoms with Crippen molar-refractivity contribution in [2.24, 2.45) is 7.05 Å². The van der Waals surface area contributed by atoms with Crippen LogP contribution in [-0.4, -0.2) is 53.1 Å². The van der Waals surface area contributed by atoms with Crippen LogP contribution in [0.4, 0.5) is 5.69 Å². The molecule has 0 aliphatic carbocycles. The Morgan fingerprint density at radius 2 is 2.00 bits per heavy atom. The first-order chi connectivity index (χ1) is 9.47. The van der Waals surface area contributed by atoms with Crippen LogP contribution in [-0.2, 0) is 21.4 Å². The molecule has 8 nitrogen and oxygen atoms in total. The van der Waals surface area contributed by atoms with E-state index in [2.05, 4.69) is 15.7 Å². The topological polar surface area (TPSA) is 105 Å². The van der Waals surface area contributed by atoms with Crippen molar-refractivity contribution in [3.63, 3.8) is 0 Å². The number of amides is 2. The van der Waals surface area contributed by atoms with E-state index >= 15 is 0 Å². The van der Waals surface area contributed by atoms with Gasteiger partial charge in [0.15, 0.2) is 0 Å². The summed E-state index contributed by atoms with van der Waals surface area (Å²) in [6.07, 6.45) is 0. The Kier molecular flexibility index (Phi) is 6.13. The Balaban J connectivity index is 2.44. The number of ether oxygens (including phenoxy) is 1. The van der Waals surface area contributed by atoms with E-state index in [0.29, 0.717) is 11.4 Å². The predicted octanol–water partition coefficient (Wildman–Crippen LogP) is -0.899. The first kappa shape index (κ1) is 16.1. The Bertz CT molecular complexity index is 484. The third kappa shape index (κ3) is 4.32. The van der Waals surface area contributed by atoms with E-state index in [1.54, 1.807) is 25.6 Å². The van der Waals surface area contributed by atoms with Crippen LogP contribution in [0.25, 0.3) is 0 Å². The molecule has 0 aliphatic heterocycles. The molecule has 0 aliphatic rings. The molecule has 1 aromatic heterocycles. The van der Waals surface area contributed by atoms with Gasteiger partial charge >= 0.3 is 11.8 Å². The van der Waals surface area contributed by atoms with Crippen LogP contribution in [0.2, 0.25) is 0 Å². The molecule has 8 heteroatoms. The van der Waals surface area contributed by atoms with Crippen molar-refractivity contribution in [3.8, 4) is 0 Å². The van der Waals surface area contributed by atoms with E-state index < -0.39 is 11.8 Å². The van der Waals surface area contributed by atoms with Gasteiger partial charge in [-0.1, -0.05) is 0 Å². The van der Waals surface area contributed by atoms with E-state index in [0.717, 1.165) is 5.69 Å². The average molecular weight is 284 g/mol. The van der Waals surface area contributed by atoms with Crippen molar-refractivity contribution in [3.05, 3.63) is 11.4 Å². The minimum Gasteiger partial charge on any atom is -0.394 e. The number of hydrogen-bond acceptors (Lipinski definition) is 5. The van der Waals surface area contributed by atoms with E-state index in [4.69, 9.17) is 9.84 Å². The molecular weight excluding hydrogens is 264 g/mol. The zero-order chi connectivity index (χ0) is 15.1. The molecule has 1 rings (SSSR count). The third-order valence-electron chi connectivity index (χ3n) is 2.72. The van der Waals surface area contributed by atoms with Crippen LogP contribution in [0.3, 0.4) is 0 Å². The summed E-state index contributed by atoms with van der Waals surface area (Å²) in [6.45, 7) is 4.13. The number of nitrogens with zero attached hydrogens (tertiary/aromatic N) is 2. The number of carbonyl (C=O) groups is 2. The van der Waals surface area contributed by atoms with E-state index in [-0.39, 0.29) is 26.4 Å². The van der Waals surface area contributed by atoms with Crippen LogP contribution in [0.15, 0.2) is 0 Å². The molecule has 1 aromatic rings. The minimum absolute atomic E-state index is 0.0754. The lowest BCUT2D eigenvalue weighted by Crippen LogP contribution is -2.37. The highest BCUT2D eigenvalue weighted by Crippen LogP contribution is 2.17. The lowest BCUT2D eigenvalue weighted by molar-refractivity contribution is -0.136. The lowest BCUT2D eigenvalue weighted by Gasteiger charge is -2.07. The summed E-state index contributed by atoms with van der Waals surface area (Å²) >= 11 is 0. The van der Waals surface area contributed by atoms with Crippen molar-refractivity contribution in [1.82, 2.24) is 15.1 Å². The molecule has 0 saturated heterocycles. The first-order valence-electron chi connectivity index (χ1n) is 6.25. The third-order valence-corrected chi connectivity index (χ3v) is 2.72. The second kappa shape index (κ2) is 7.61. The van der Waals surface area contributed by atoms with Crippen molar-refractivity contribution in [1.29, 1.82) is 0 Å². The number of aryl methyl sites for hydroxylation is 2. The molecule has 20 heavy (non-hydrogen) atoms. The Morgan fingerprint density at radius 3 is 2.55 bits per heavy atom. The molecule has 112 valence electrons. The summed E-state index contributed by atoms with van der Waals surface area (Å²) < 4.78 is 6.59. The summed E-state index contributed by atoms with van der Waals surface area (Å²) in [6, 6.07) is 0. The summed E-state index contributed by atoms with van der Waals surface area (Å²) in [5, 5.41) is 17.6. The van der Waals surface area contributed by atoms with Crippen LogP contribution in [0.1, 0.15) is 11.4 Å². The molecule has 0 radical (unpaired) electrons. The van der Waals surface area contributed by atoms with Gasteiger partial charge in [0.05, 0.1) is 36.9 Å². The average Bonchev–Trinajstić information content (AvgIpc) is 2.64. The lowest BCUT2D eigenvalue weighted by atomic mass is 10.3. The number of hydrogen-bond donors (Lipinski definition) is 3. The Labute approximate surface area is 117 Å². The molecule has 0 unspecified atom stereocenters. The van der Waals surface area contributed by atoms with Gasteiger partial charge in [-0.15, -0.1) is 0 Å². The SMILES string of the molecule is Cc1nn(C)c(C)c1NC(=O)C(=O)NCCOCCO. The molecule has 2 amide bonds. The monoisotopic (exact) mass is 284 g/mol. The molecule has 0 aromatic carbocycles. The number of anilines is 1. The van der Waals surface area contributed by atoms with Crippen molar-refractivity contribution in [2.45, 2.75) is 13.8 Å². The van der Waals surface area contributed by atoms with Gasteiger partial charge < -0.3 is 20.5 Å². The number of carbonyl (C=O) groups excluding carboxylic acids is 2. The second-order valence-corrected chi connectivity index (χ2v) is 4.22. The van der Waals surface area contributed by atoms with E-state index in [1.165, 1.54) is 0 Å². The van der Waals surface area contributed by atoms with Gasteiger partial charge in [0.1, 0.15) is 0 Å². The zero-order valence-corrected chi connectivity index (χ0v) is 11.9. The summed E-state index contributed by atoms with van der Waals surface area (Å²) in [4.78, 5) is 23.3. The smallest absolute Gasteiger partial charge is 0.313 e. The van der Waals surface area contributed by atoms with E-state index in [9.17, 15) is 9.59 Å². The molecule has 0 atom stereocenters. The van der Waals surface area contributed by atoms with Gasteiger partial charge in [0.2, 0.25) is 0 Å². The normalized spacial score (nSPS) is 10.4. The number of aromatic nitrogens is 2. The maximum atomic E-state index is 11.7. The zero-order valence-electron chi connectivity index (χ0n) is 11.9. The second-order valence-electron chi connectivity index (χ2n) is 4.22. The quantitative estimate of drug-likeness (QED) is 0.464. The summed E-state index contributed by atoms with van der Waals surface area (Å²) in [5.74, 6) is -1.48. The maximum absolute atomic E-state index is 11.7. The van der Waals surface area contributed by atoms with Crippen molar-refractivity contribution >= 4 is 17.5 Å². The van der Waals surface area contributed by atoms with E-state index in [1.807, 2.05) is 0 Å². The fraction of sp³-hybridized carbons (Fsp3) is 0.583. The molecular formula is C12H20N4O4. The molecule has 1 heterocycles. The summed E-state index contributed by atoms with van der Waals surface area (Å²) in [7, 11) is 1.76.